The van der Waals surface area contributed by atoms with Gasteiger partial charge in [0.2, 0.25) is 10.0 Å². The minimum atomic E-state index is -3.18. The van der Waals surface area contributed by atoms with Gasteiger partial charge in [-0.15, -0.1) is 0 Å². The second-order valence-electron chi connectivity index (χ2n) is 4.20. The molecule has 4 N–H and O–H groups in total. The molecule has 1 rings (SSSR count). The molecule has 0 radical (unpaired) electrons. The molecule has 112 valence electrons. The van der Waals surface area contributed by atoms with E-state index in [9.17, 15) is 13.2 Å². The van der Waals surface area contributed by atoms with Crippen molar-refractivity contribution in [1.82, 2.24) is 10.0 Å². The van der Waals surface area contributed by atoms with E-state index in [0.717, 1.165) is 6.26 Å². The largest absolute Gasteiger partial charge is 0.482 e. The van der Waals surface area contributed by atoms with E-state index in [0.29, 0.717) is 24.4 Å². The average Bonchev–Trinajstić information content (AvgIpc) is 2.36. The third-order valence-electron chi connectivity index (χ3n) is 2.32. The Balaban J connectivity index is 2.17. The lowest BCUT2D eigenvalue weighted by atomic mass is 10.3. The Bertz CT molecular complexity index is 545. The van der Waals surface area contributed by atoms with Gasteiger partial charge in [0, 0.05) is 13.1 Å². The fraction of sp³-hybridized carbons (Fsp3) is 0.417. The molecule has 7 nitrogen and oxygen atoms in total. The summed E-state index contributed by atoms with van der Waals surface area (Å²) in [5.74, 6) is 0.175. The maximum Gasteiger partial charge on any atom is 0.257 e. The van der Waals surface area contributed by atoms with Gasteiger partial charge in [-0.2, -0.15) is 0 Å². The van der Waals surface area contributed by atoms with Crippen molar-refractivity contribution in [2.75, 3.05) is 31.7 Å². The minimum absolute atomic E-state index is 0.131. The number of hydrogen-bond acceptors (Lipinski definition) is 5. The van der Waals surface area contributed by atoms with Crippen LogP contribution in [-0.2, 0) is 14.8 Å². The third kappa shape index (κ3) is 6.95. The van der Waals surface area contributed by atoms with E-state index in [1.807, 2.05) is 0 Å². The minimum Gasteiger partial charge on any atom is -0.482 e. The SMILES string of the molecule is CS(=O)(=O)NCCCNC(=O)COc1ccccc1N. The van der Waals surface area contributed by atoms with Crippen molar-refractivity contribution in [2.45, 2.75) is 6.42 Å². The molecule has 1 aromatic carbocycles. The van der Waals surface area contributed by atoms with E-state index in [4.69, 9.17) is 10.5 Å². The van der Waals surface area contributed by atoms with Crippen LogP contribution in [0.1, 0.15) is 6.42 Å². The van der Waals surface area contributed by atoms with Crippen LogP contribution in [-0.4, -0.2) is 40.3 Å². The Kier molecular flexibility index (Phi) is 6.26. The monoisotopic (exact) mass is 301 g/mol. The van der Waals surface area contributed by atoms with Crippen molar-refractivity contribution >= 4 is 21.6 Å². The summed E-state index contributed by atoms with van der Waals surface area (Å²) in [7, 11) is -3.18. The van der Waals surface area contributed by atoms with Crippen LogP contribution in [0, 0.1) is 0 Å². The molecule has 0 aromatic heterocycles. The number of anilines is 1. The zero-order chi connectivity index (χ0) is 15.0. The van der Waals surface area contributed by atoms with Gasteiger partial charge in [0.15, 0.2) is 6.61 Å². The van der Waals surface area contributed by atoms with Gasteiger partial charge in [-0.3, -0.25) is 4.79 Å². The van der Waals surface area contributed by atoms with Crippen LogP contribution >= 0.6 is 0 Å². The van der Waals surface area contributed by atoms with Crippen LogP contribution in [0.4, 0.5) is 5.69 Å². The number of rotatable bonds is 8. The highest BCUT2D eigenvalue weighted by molar-refractivity contribution is 7.88. The predicted octanol–water partition coefficient (Wildman–Crippen LogP) is -0.297. The molecule has 0 saturated heterocycles. The lowest BCUT2D eigenvalue weighted by Crippen LogP contribution is -2.32. The van der Waals surface area contributed by atoms with Crippen molar-refractivity contribution in [3.8, 4) is 5.75 Å². The van der Waals surface area contributed by atoms with Crippen molar-refractivity contribution in [2.24, 2.45) is 0 Å². The molecule has 0 bridgehead atoms. The van der Waals surface area contributed by atoms with Crippen molar-refractivity contribution in [3.05, 3.63) is 24.3 Å². The molecular formula is C12H19N3O4S. The number of sulfonamides is 1. The van der Waals surface area contributed by atoms with Gasteiger partial charge >= 0.3 is 0 Å². The smallest absolute Gasteiger partial charge is 0.257 e. The van der Waals surface area contributed by atoms with Crippen molar-refractivity contribution < 1.29 is 17.9 Å². The molecule has 0 heterocycles. The summed E-state index contributed by atoms with van der Waals surface area (Å²) < 4.78 is 29.2. The number of nitrogens with two attached hydrogens (primary N) is 1. The Morgan fingerprint density at radius 2 is 2.00 bits per heavy atom. The van der Waals surface area contributed by atoms with E-state index in [1.165, 1.54) is 0 Å². The molecule has 8 heteroatoms. The second kappa shape index (κ2) is 7.71. The standard InChI is InChI=1S/C12H19N3O4S/c1-20(17,18)15-8-4-7-14-12(16)9-19-11-6-3-2-5-10(11)13/h2-3,5-6,15H,4,7-9,13H2,1H3,(H,14,16). The average molecular weight is 301 g/mol. The summed E-state index contributed by atoms with van der Waals surface area (Å²) in [6.07, 6.45) is 1.59. The van der Waals surface area contributed by atoms with E-state index >= 15 is 0 Å². The molecule has 20 heavy (non-hydrogen) atoms. The summed E-state index contributed by atoms with van der Waals surface area (Å²) in [6, 6.07) is 6.90. The van der Waals surface area contributed by atoms with Crippen LogP contribution in [0.2, 0.25) is 0 Å². The van der Waals surface area contributed by atoms with E-state index in [-0.39, 0.29) is 19.1 Å². The quantitative estimate of drug-likeness (QED) is 0.451. The van der Waals surface area contributed by atoms with Gasteiger partial charge in [-0.25, -0.2) is 13.1 Å². The Morgan fingerprint density at radius 1 is 1.30 bits per heavy atom. The van der Waals surface area contributed by atoms with Crippen LogP contribution in [0.25, 0.3) is 0 Å². The van der Waals surface area contributed by atoms with E-state index in [1.54, 1.807) is 24.3 Å². The van der Waals surface area contributed by atoms with Gasteiger partial charge in [-0.05, 0) is 18.6 Å². The summed E-state index contributed by atoms with van der Waals surface area (Å²) in [5.41, 5.74) is 6.14. The van der Waals surface area contributed by atoms with Gasteiger partial charge < -0.3 is 15.8 Å². The number of carbonyl (C=O) groups is 1. The molecule has 0 fully saturated rings. The topological polar surface area (TPSA) is 111 Å². The summed E-state index contributed by atoms with van der Waals surface area (Å²) >= 11 is 0. The number of benzene rings is 1. The molecule has 0 aliphatic heterocycles. The van der Waals surface area contributed by atoms with Gasteiger partial charge in [0.1, 0.15) is 5.75 Å². The summed E-state index contributed by atoms with van der Waals surface area (Å²) in [5, 5.41) is 2.62. The first-order valence-electron chi connectivity index (χ1n) is 6.07. The first-order chi connectivity index (χ1) is 9.38. The Morgan fingerprint density at radius 3 is 2.65 bits per heavy atom. The highest BCUT2D eigenvalue weighted by Gasteiger charge is 2.04. The van der Waals surface area contributed by atoms with Gasteiger partial charge in [0.25, 0.3) is 5.91 Å². The van der Waals surface area contributed by atoms with E-state index < -0.39 is 10.0 Å². The maximum absolute atomic E-state index is 11.5. The second-order valence-corrected chi connectivity index (χ2v) is 6.03. The molecule has 0 atom stereocenters. The first kappa shape index (κ1) is 16.3. The summed E-state index contributed by atoms with van der Waals surface area (Å²) in [6.45, 7) is 0.522. The van der Waals surface area contributed by atoms with Crippen molar-refractivity contribution in [1.29, 1.82) is 0 Å². The fourth-order valence-electron chi connectivity index (χ4n) is 1.38. The predicted molar refractivity (Wildman–Crippen MR) is 76.8 cm³/mol. The molecular weight excluding hydrogens is 282 g/mol. The zero-order valence-corrected chi connectivity index (χ0v) is 12.1. The summed E-state index contributed by atoms with van der Waals surface area (Å²) in [4.78, 5) is 11.5. The fourth-order valence-corrected chi connectivity index (χ4v) is 1.90. The molecule has 0 aliphatic carbocycles. The molecule has 0 aliphatic rings. The highest BCUT2D eigenvalue weighted by Crippen LogP contribution is 2.19. The Labute approximate surface area is 118 Å². The number of nitrogens with one attached hydrogen (secondary N) is 2. The molecule has 0 saturated carbocycles. The maximum atomic E-state index is 11.5. The van der Waals surface area contributed by atoms with Crippen LogP contribution in [0.15, 0.2) is 24.3 Å². The molecule has 0 unspecified atom stereocenters. The van der Waals surface area contributed by atoms with Crippen LogP contribution < -0.4 is 20.5 Å². The number of para-hydroxylation sites is 2. The third-order valence-corrected chi connectivity index (χ3v) is 3.05. The van der Waals surface area contributed by atoms with Crippen LogP contribution in [0.3, 0.4) is 0 Å². The number of nitrogen functional groups attached to an aromatic ring is 1. The molecule has 0 spiro atoms. The molecule has 1 aromatic rings. The highest BCUT2D eigenvalue weighted by atomic mass is 32.2. The normalized spacial score (nSPS) is 11.1. The first-order valence-corrected chi connectivity index (χ1v) is 7.96. The number of ether oxygens (including phenoxy) is 1. The lowest BCUT2D eigenvalue weighted by Gasteiger charge is -2.09. The number of amides is 1. The lowest BCUT2D eigenvalue weighted by molar-refractivity contribution is -0.123. The number of carbonyl (C=O) groups excluding carboxylic acids is 1. The van der Waals surface area contributed by atoms with Gasteiger partial charge in [0.05, 0.1) is 11.9 Å². The molecule has 1 amide bonds. The Hall–Kier alpha value is -1.80. The van der Waals surface area contributed by atoms with Crippen LogP contribution in [0.5, 0.6) is 5.75 Å². The van der Waals surface area contributed by atoms with E-state index in [2.05, 4.69) is 10.0 Å². The number of hydrogen-bond donors (Lipinski definition) is 3. The zero-order valence-electron chi connectivity index (χ0n) is 11.3. The van der Waals surface area contributed by atoms with Gasteiger partial charge in [-0.1, -0.05) is 12.1 Å². The van der Waals surface area contributed by atoms with Crippen molar-refractivity contribution in [3.63, 3.8) is 0 Å².